The van der Waals surface area contributed by atoms with Crippen LogP contribution in [0.25, 0.3) is 0 Å². The van der Waals surface area contributed by atoms with Crippen molar-refractivity contribution < 1.29 is 21.6 Å². The Morgan fingerprint density at radius 3 is 2.31 bits per heavy atom. The molecule has 1 fully saturated rings. The molecule has 0 saturated carbocycles. The minimum Gasteiger partial charge on any atom is -0.356 e. The van der Waals surface area contributed by atoms with Gasteiger partial charge in [-0.05, 0) is 31.1 Å². The summed E-state index contributed by atoms with van der Waals surface area (Å²) in [6.07, 6.45) is 4.18. The van der Waals surface area contributed by atoms with Crippen molar-refractivity contribution in [2.24, 2.45) is 16.8 Å². The summed E-state index contributed by atoms with van der Waals surface area (Å²) in [5.74, 6) is 1.48. The molecule has 0 aromatic rings. The third kappa shape index (κ3) is 7.30. The molecule has 1 saturated heterocycles. The van der Waals surface area contributed by atoms with E-state index in [1.165, 1.54) is 6.42 Å². The molecule has 0 amide bonds. The van der Waals surface area contributed by atoms with Crippen LogP contribution in [0.1, 0.15) is 46.0 Å². The molecule has 1 aliphatic heterocycles. The number of alkyl halides is 3. The molecule has 0 spiro atoms. The molecule has 6 nitrogen and oxygen atoms in total. The SMILES string of the molecule is CN=C(NCCCCC(C)C)NCC1CCN(S(=O)(=O)C(F)(F)F)CC1. The van der Waals surface area contributed by atoms with Gasteiger partial charge < -0.3 is 10.6 Å². The maximum atomic E-state index is 12.6. The summed E-state index contributed by atoms with van der Waals surface area (Å²) >= 11 is 0. The van der Waals surface area contributed by atoms with Crippen molar-refractivity contribution in [3.05, 3.63) is 0 Å². The number of sulfonamides is 1. The average Bonchev–Trinajstić information content (AvgIpc) is 2.56. The van der Waals surface area contributed by atoms with E-state index in [-0.39, 0.29) is 19.0 Å². The van der Waals surface area contributed by atoms with Crippen molar-refractivity contribution in [1.29, 1.82) is 0 Å². The van der Waals surface area contributed by atoms with Gasteiger partial charge in [-0.15, -0.1) is 0 Å². The molecule has 0 radical (unpaired) electrons. The van der Waals surface area contributed by atoms with Crippen LogP contribution < -0.4 is 10.6 Å². The zero-order valence-electron chi connectivity index (χ0n) is 15.8. The Hall–Kier alpha value is -1.03. The molecule has 1 heterocycles. The van der Waals surface area contributed by atoms with E-state index >= 15 is 0 Å². The maximum absolute atomic E-state index is 12.6. The fraction of sp³-hybridized carbons (Fsp3) is 0.938. The van der Waals surface area contributed by atoms with Gasteiger partial charge in [0.25, 0.3) is 0 Å². The number of rotatable bonds is 8. The monoisotopic (exact) mass is 400 g/mol. The van der Waals surface area contributed by atoms with Crippen LogP contribution in [0.3, 0.4) is 0 Å². The lowest BCUT2D eigenvalue weighted by Crippen LogP contribution is -2.47. The van der Waals surface area contributed by atoms with Crippen LogP contribution in [0, 0.1) is 11.8 Å². The molecule has 0 unspecified atom stereocenters. The third-order valence-electron chi connectivity index (χ3n) is 4.49. The molecule has 0 bridgehead atoms. The molecule has 10 heteroatoms. The first-order valence-corrected chi connectivity index (χ1v) is 10.5. The lowest BCUT2D eigenvalue weighted by molar-refractivity contribution is -0.0496. The highest BCUT2D eigenvalue weighted by molar-refractivity contribution is 7.90. The minimum absolute atomic E-state index is 0.102. The first-order chi connectivity index (χ1) is 12.1. The lowest BCUT2D eigenvalue weighted by atomic mass is 9.98. The highest BCUT2D eigenvalue weighted by atomic mass is 32.2. The molecule has 2 N–H and O–H groups in total. The largest absolute Gasteiger partial charge is 0.511 e. The number of aliphatic imine (C=N–C) groups is 1. The lowest BCUT2D eigenvalue weighted by Gasteiger charge is -2.31. The topological polar surface area (TPSA) is 73.8 Å². The molecule has 0 aromatic heterocycles. The van der Waals surface area contributed by atoms with E-state index in [1.807, 2.05) is 0 Å². The summed E-state index contributed by atoms with van der Waals surface area (Å²) in [5, 5.41) is 6.39. The van der Waals surface area contributed by atoms with Crippen LogP contribution in [-0.4, -0.2) is 57.4 Å². The fourth-order valence-electron chi connectivity index (χ4n) is 2.85. The predicted octanol–water partition coefficient (Wildman–Crippen LogP) is 2.54. The van der Waals surface area contributed by atoms with Gasteiger partial charge in [0.2, 0.25) is 0 Å². The zero-order valence-corrected chi connectivity index (χ0v) is 16.6. The van der Waals surface area contributed by atoms with Crippen molar-refractivity contribution in [2.45, 2.75) is 51.5 Å². The van der Waals surface area contributed by atoms with Gasteiger partial charge in [-0.2, -0.15) is 17.5 Å². The standard InChI is InChI=1S/C16H31F3N4O2S/c1-13(2)6-4-5-9-21-15(20-3)22-12-14-7-10-23(11-8-14)26(24,25)16(17,18)19/h13-14H,4-12H2,1-3H3,(H2,20,21,22). The van der Waals surface area contributed by atoms with Crippen LogP contribution in [-0.2, 0) is 10.0 Å². The summed E-state index contributed by atoms with van der Waals surface area (Å²) in [7, 11) is -3.54. The number of guanidine groups is 1. The molecule has 0 atom stereocenters. The number of unbranched alkanes of at least 4 members (excludes halogenated alkanes) is 1. The third-order valence-corrected chi connectivity index (χ3v) is 6.12. The van der Waals surface area contributed by atoms with Crippen LogP contribution in [0.2, 0.25) is 0 Å². The maximum Gasteiger partial charge on any atom is 0.511 e. The van der Waals surface area contributed by atoms with E-state index in [0.29, 0.717) is 35.6 Å². The first-order valence-electron chi connectivity index (χ1n) is 9.09. The van der Waals surface area contributed by atoms with Crippen molar-refractivity contribution >= 4 is 16.0 Å². The Balaban J connectivity index is 2.30. The van der Waals surface area contributed by atoms with Crippen molar-refractivity contribution in [2.75, 3.05) is 33.2 Å². The zero-order chi connectivity index (χ0) is 19.8. The number of hydrogen-bond donors (Lipinski definition) is 2. The van der Waals surface area contributed by atoms with Crippen molar-refractivity contribution in [1.82, 2.24) is 14.9 Å². The Morgan fingerprint density at radius 1 is 1.19 bits per heavy atom. The van der Waals surface area contributed by atoms with Gasteiger partial charge in [-0.25, -0.2) is 8.42 Å². The van der Waals surface area contributed by atoms with Crippen LogP contribution in [0.5, 0.6) is 0 Å². The first kappa shape index (κ1) is 23.0. The van der Waals surface area contributed by atoms with Gasteiger partial charge in [-0.3, -0.25) is 4.99 Å². The summed E-state index contributed by atoms with van der Waals surface area (Å²) in [6, 6.07) is 0. The van der Waals surface area contributed by atoms with E-state index in [0.717, 1.165) is 19.4 Å². The molecule has 0 aromatic carbocycles. The van der Waals surface area contributed by atoms with Crippen molar-refractivity contribution in [3.63, 3.8) is 0 Å². The molecule has 26 heavy (non-hydrogen) atoms. The van der Waals surface area contributed by atoms with Crippen LogP contribution in [0.15, 0.2) is 4.99 Å². The number of nitrogens with zero attached hydrogens (tertiary/aromatic N) is 2. The summed E-state index contributed by atoms with van der Waals surface area (Å²) in [5.41, 5.74) is -5.22. The average molecular weight is 401 g/mol. The summed E-state index contributed by atoms with van der Waals surface area (Å²) in [4.78, 5) is 4.13. The highest BCUT2D eigenvalue weighted by Crippen LogP contribution is 2.30. The van der Waals surface area contributed by atoms with Gasteiger partial charge >= 0.3 is 15.5 Å². The smallest absolute Gasteiger partial charge is 0.356 e. The normalized spacial score (nSPS) is 18.3. The Labute approximate surface area is 154 Å². The summed E-state index contributed by atoms with van der Waals surface area (Å²) < 4.78 is 61.0. The fourth-order valence-corrected chi connectivity index (χ4v) is 3.83. The molecule has 154 valence electrons. The number of piperidine rings is 1. The van der Waals surface area contributed by atoms with Gasteiger partial charge in [0.05, 0.1) is 0 Å². The molecule has 1 rings (SSSR count). The molecular formula is C16H31F3N4O2S. The number of halogens is 3. The Kier molecular flexibility index (Phi) is 9.15. The van der Waals surface area contributed by atoms with E-state index in [9.17, 15) is 21.6 Å². The Morgan fingerprint density at radius 2 is 1.81 bits per heavy atom. The van der Waals surface area contributed by atoms with Gasteiger partial charge in [0, 0.05) is 33.2 Å². The molecule has 1 aliphatic rings. The van der Waals surface area contributed by atoms with Crippen molar-refractivity contribution in [3.8, 4) is 0 Å². The quantitative estimate of drug-likeness (QED) is 0.373. The van der Waals surface area contributed by atoms with E-state index < -0.39 is 15.5 Å². The van der Waals surface area contributed by atoms with Crippen LogP contribution in [0.4, 0.5) is 13.2 Å². The predicted molar refractivity (Wildman–Crippen MR) is 97.3 cm³/mol. The molecule has 0 aliphatic carbocycles. The Bertz CT molecular complexity index is 542. The number of nitrogens with one attached hydrogen (secondary N) is 2. The van der Waals surface area contributed by atoms with E-state index in [4.69, 9.17) is 0 Å². The second-order valence-corrected chi connectivity index (χ2v) is 8.99. The number of hydrogen-bond acceptors (Lipinski definition) is 3. The second-order valence-electron chi connectivity index (χ2n) is 7.06. The van der Waals surface area contributed by atoms with E-state index in [2.05, 4.69) is 29.5 Å². The van der Waals surface area contributed by atoms with E-state index in [1.54, 1.807) is 7.05 Å². The van der Waals surface area contributed by atoms with Gasteiger partial charge in [0.1, 0.15) is 0 Å². The van der Waals surface area contributed by atoms with Gasteiger partial charge in [0.15, 0.2) is 5.96 Å². The minimum atomic E-state index is -5.22. The van der Waals surface area contributed by atoms with Crippen LogP contribution >= 0.6 is 0 Å². The summed E-state index contributed by atoms with van der Waals surface area (Å²) in [6.45, 7) is 5.56. The van der Waals surface area contributed by atoms with Gasteiger partial charge in [-0.1, -0.05) is 26.7 Å². The highest BCUT2D eigenvalue weighted by Gasteiger charge is 2.50. The molecular weight excluding hydrogens is 369 g/mol. The second kappa shape index (κ2) is 10.3.